The zero-order chi connectivity index (χ0) is 32.9. The quantitative estimate of drug-likeness (QED) is 0.285. The molecule has 45 heavy (non-hydrogen) atoms. The van der Waals surface area contributed by atoms with Crippen molar-refractivity contribution >= 4 is 29.1 Å². The number of aliphatic hydroxyl groups excluding tert-OH is 1. The number of aliphatic hydroxyl groups is 2. The average Bonchev–Trinajstić information content (AvgIpc) is 3.67. The van der Waals surface area contributed by atoms with Crippen LogP contribution in [-0.4, -0.2) is 87.3 Å². The highest BCUT2D eigenvalue weighted by Gasteiger charge is 2.58. The van der Waals surface area contributed by atoms with Crippen molar-refractivity contribution in [1.29, 1.82) is 0 Å². The number of halogens is 8. The van der Waals surface area contributed by atoms with Crippen LogP contribution in [0.15, 0.2) is 53.6 Å². The number of hydrogen-bond acceptors (Lipinski definition) is 7. The van der Waals surface area contributed by atoms with Crippen LogP contribution in [0, 0.1) is 0 Å². The molecule has 2 atom stereocenters. The normalized spacial score (nSPS) is 18.0. The van der Waals surface area contributed by atoms with E-state index in [0.717, 1.165) is 20.6 Å². The zero-order valence-corrected chi connectivity index (χ0v) is 24.1. The van der Waals surface area contributed by atoms with Crippen molar-refractivity contribution in [2.45, 2.75) is 43.6 Å². The molecule has 0 aliphatic carbocycles. The summed E-state index contributed by atoms with van der Waals surface area (Å²) in [6, 6.07) is 9.79. The van der Waals surface area contributed by atoms with E-state index in [0.29, 0.717) is 9.59 Å². The smallest absolute Gasteiger partial charge is 0.382 e. The second-order valence-corrected chi connectivity index (χ2v) is 11.0. The first kappa shape index (κ1) is 32.5. The molecular weight excluding hydrogens is 659 g/mol. The molecule has 5 rings (SSSR count). The Bertz CT molecular complexity index is 1790. The number of amides is 1. The van der Waals surface area contributed by atoms with Crippen LogP contribution in [0.2, 0.25) is 10.0 Å². The van der Waals surface area contributed by atoms with Crippen molar-refractivity contribution in [3.63, 3.8) is 0 Å². The van der Waals surface area contributed by atoms with Crippen LogP contribution in [0.1, 0.15) is 22.6 Å². The van der Waals surface area contributed by atoms with Crippen LogP contribution in [0.3, 0.4) is 0 Å². The van der Waals surface area contributed by atoms with Gasteiger partial charge in [-0.3, -0.25) is 9.36 Å². The van der Waals surface area contributed by atoms with Gasteiger partial charge in [0.1, 0.15) is 12.9 Å². The summed E-state index contributed by atoms with van der Waals surface area (Å²) in [6.45, 7) is -3.00. The predicted octanol–water partition coefficient (Wildman–Crippen LogP) is 3.71. The number of carbonyl (C=O) groups is 1. The molecule has 1 aliphatic rings. The monoisotopic (exact) mass is 679 g/mol. The molecule has 240 valence electrons. The lowest BCUT2D eigenvalue weighted by atomic mass is 10.0. The minimum Gasteiger partial charge on any atom is -0.382 e. The number of para-hydroxylation sites is 1. The lowest BCUT2D eigenvalue weighted by Crippen LogP contribution is -2.48. The van der Waals surface area contributed by atoms with Crippen molar-refractivity contribution in [3.05, 3.63) is 80.7 Å². The fourth-order valence-electron chi connectivity index (χ4n) is 4.70. The third-order valence-electron chi connectivity index (χ3n) is 7.10. The first-order valence-electron chi connectivity index (χ1n) is 12.9. The van der Waals surface area contributed by atoms with Crippen LogP contribution < -0.4 is 5.69 Å². The van der Waals surface area contributed by atoms with E-state index in [1.165, 1.54) is 42.5 Å². The Kier molecular flexibility index (Phi) is 8.50. The fourth-order valence-corrected chi connectivity index (χ4v) is 5.09. The first-order valence-corrected chi connectivity index (χ1v) is 13.7. The van der Waals surface area contributed by atoms with E-state index in [1.807, 2.05) is 0 Å². The van der Waals surface area contributed by atoms with Crippen molar-refractivity contribution in [1.82, 2.24) is 34.0 Å². The maximum absolute atomic E-state index is 13.3. The van der Waals surface area contributed by atoms with Gasteiger partial charge in [-0.05, 0) is 36.4 Å². The van der Waals surface area contributed by atoms with E-state index >= 15 is 0 Å². The molecule has 1 amide bonds. The van der Waals surface area contributed by atoms with Crippen molar-refractivity contribution in [2.24, 2.45) is 0 Å². The molecule has 0 radical (unpaired) electrons. The van der Waals surface area contributed by atoms with Gasteiger partial charge in [0.2, 0.25) is 0 Å². The number of benzene rings is 2. The number of aromatic nitrogens is 6. The zero-order valence-electron chi connectivity index (χ0n) is 22.6. The van der Waals surface area contributed by atoms with Gasteiger partial charge in [-0.25, -0.2) is 19.1 Å². The van der Waals surface area contributed by atoms with Gasteiger partial charge in [0.05, 0.1) is 29.4 Å². The van der Waals surface area contributed by atoms with E-state index in [-0.39, 0.29) is 40.0 Å². The summed E-state index contributed by atoms with van der Waals surface area (Å²) in [5.74, 6) is -1.18. The number of nitrogens with zero attached hydrogens (tertiary/aromatic N) is 7. The third kappa shape index (κ3) is 6.43. The fraction of sp³-hybridized carbons (Fsp3) is 0.346. The van der Waals surface area contributed by atoms with Crippen LogP contribution in [0.25, 0.3) is 17.1 Å². The molecule has 1 saturated heterocycles. The lowest BCUT2D eigenvalue weighted by Gasteiger charge is -2.26. The number of carbonyl (C=O) groups excluding carboxylic acids is 1. The van der Waals surface area contributed by atoms with Crippen molar-refractivity contribution in [3.8, 4) is 17.1 Å². The molecule has 11 nitrogen and oxygen atoms in total. The molecule has 3 heterocycles. The molecule has 1 unspecified atom stereocenters. The SMILES string of the molecule is O=C(c1cccc(Cl)c1-n1cnc(Cn2nc(-c3ccc(Cl)cc3)n(C[C@H](O)C(F)(F)F)c2=O)n1)N1CCC(O)(C(F)(F)F)C1. The van der Waals surface area contributed by atoms with E-state index < -0.39 is 61.7 Å². The maximum Gasteiger partial charge on any atom is 0.419 e. The average molecular weight is 680 g/mol. The molecule has 19 heteroatoms. The highest BCUT2D eigenvalue weighted by atomic mass is 35.5. The minimum atomic E-state index is -5.02. The van der Waals surface area contributed by atoms with E-state index in [4.69, 9.17) is 23.2 Å². The second kappa shape index (κ2) is 11.8. The summed E-state index contributed by atoms with van der Waals surface area (Å²) < 4.78 is 81.9. The molecule has 0 saturated carbocycles. The molecule has 0 bridgehead atoms. The molecular formula is C26H21Cl2F6N7O4. The standard InChI is InChI=1S/C26H21Cl2F6N7O4/c27-15-6-4-14(5-7-15)21-37-40(23(44)39(21)10-18(42)25(29,30)31)11-19-35-13-41(36-19)20-16(2-1-3-17(20)28)22(43)38-9-8-24(45,12-38)26(32,33)34/h1-7,13,18,42,45H,8-12H2/t18-,24?/m0/s1. The van der Waals surface area contributed by atoms with Gasteiger partial charge >= 0.3 is 18.0 Å². The predicted molar refractivity (Wildman–Crippen MR) is 146 cm³/mol. The summed E-state index contributed by atoms with van der Waals surface area (Å²) in [6.07, 6.45) is -12.5. The van der Waals surface area contributed by atoms with Crippen LogP contribution in [-0.2, 0) is 13.1 Å². The molecule has 1 fully saturated rings. The summed E-state index contributed by atoms with van der Waals surface area (Å²) in [4.78, 5) is 31.3. The third-order valence-corrected chi connectivity index (χ3v) is 7.65. The Labute approximate surface area is 258 Å². The van der Waals surface area contributed by atoms with E-state index in [1.54, 1.807) is 0 Å². The van der Waals surface area contributed by atoms with Crippen LogP contribution in [0.4, 0.5) is 26.3 Å². The topological polar surface area (TPSA) is 131 Å². The summed E-state index contributed by atoms with van der Waals surface area (Å²) in [5, 5.41) is 28.3. The molecule has 2 aromatic heterocycles. The van der Waals surface area contributed by atoms with Crippen molar-refractivity contribution < 1.29 is 41.4 Å². The Balaban J connectivity index is 1.46. The Morgan fingerprint density at radius 3 is 2.36 bits per heavy atom. The van der Waals surface area contributed by atoms with Gasteiger partial charge in [-0.1, -0.05) is 29.3 Å². The number of β-amino-alcohol motifs (C(OH)–C–C–N with tert-alkyl or cyclic N) is 1. The van der Waals surface area contributed by atoms with E-state index in [9.17, 15) is 46.1 Å². The largest absolute Gasteiger partial charge is 0.419 e. The van der Waals surface area contributed by atoms with Gasteiger partial charge in [0.15, 0.2) is 23.4 Å². The van der Waals surface area contributed by atoms with Gasteiger partial charge in [-0.15, -0.1) is 10.2 Å². The Hall–Kier alpha value is -3.93. The maximum atomic E-state index is 13.3. The molecule has 2 N–H and O–H groups in total. The first-order chi connectivity index (χ1) is 21.0. The Morgan fingerprint density at radius 2 is 1.73 bits per heavy atom. The molecule has 0 spiro atoms. The van der Waals surface area contributed by atoms with Gasteiger partial charge in [0.25, 0.3) is 5.91 Å². The van der Waals surface area contributed by atoms with Gasteiger partial charge in [0, 0.05) is 23.6 Å². The minimum absolute atomic E-state index is 0.0322. The number of rotatable bonds is 7. The van der Waals surface area contributed by atoms with Crippen LogP contribution in [0.5, 0.6) is 0 Å². The highest BCUT2D eigenvalue weighted by molar-refractivity contribution is 6.33. The summed E-state index contributed by atoms with van der Waals surface area (Å²) in [7, 11) is 0. The summed E-state index contributed by atoms with van der Waals surface area (Å²) >= 11 is 12.2. The number of hydrogen-bond donors (Lipinski definition) is 2. The van der Waals surface area contributed by atoms with E-state index in [2.05, 4.69) is 15.2 Å². The van der Waals surface area contributed by atoms with Gasteiger partial charge in [-0.2, -0.15) is 26.3 Å². The summed E-state index contributed by atoms with van der Waals surface area (Å²) in [5.41, 5.74) is -4.09. The lowest BCUT2D eigenvalue weighted by molar-refractivity contribution is -0.253. The van der Waals surface area contributed by atoms with Crippen molar-refractivity contribution in [2.75, 3.05) is 13.1 Å². The number of alkyl halides is 6. The molecule has 1 aliphatic heterocycles. The second-order valence-electron chi connectivity index (χ2n) is 10.2. The van der Waals surface area contributed by atoms with Crippen LogP contribution >= 0.6 is 23.2 Å². The highest BCUT2D eigenvalue weighted by Crippen LogP contribution is 2.38. The van der Waals surface area contributed by atoms with Gasteiger partial charge < -0.3 is 15.1 Å². The molecule has 4 aromatic rings. The Morgan fingerprint density at radius 1 is 1.04 bits per heavy atom. The molecule has 2 aromatic carbocycles. The number of likely N-dealkylation sites (tertiary alicyclic amines) is 1.